The normalized spacial score (nSPS) is 16.6. The number of benzene rings is 1. The number of alkyl halides is 3. The number of carbonyl (C=O) groups is 1. The first-order valence-electron chi connectivity index (χ1n) is 8.29. The molecule has 1 unspecified atom stereocenters. The number of anilines is 1. The van der Waals surface area contributed by atoms with Crippen molar-refractivity contribution in [1.82, 2.24) is 10.3 Å². The van der Waals surface area contributed by atoms with Crippen LogP contribution in [0.25, 0.3) is 0 Å². The summed E-state index contributed by atoms with van der Waals surface area (Å²) in [6.45, 7) is -0.125. The van der Waals surface area contributed by atoms with Gasteiger partial charge in [0, 0.05) is 18.3 Å². The molecule has 1 aromatic carbocycles. The molecule has 0 saturated carbocycles. The van der Waals surface area contributed by atoms with E-state index < -0.39 is 23.9 Å². The zero-order valence-electron chi connectivity index (χ0n) is 14.1. The minimum atomic E-state index is -4.53. The van der Waals surface area contributed by atoms with Crippen molar-refractivity contribution in [3.05, 3.63) is 57.9 Å². The van der Waals surface area contributed by atoms with Crippen LogP contribution in [0.4, 0.5) is 23.7 Å². The maximum absolute atomic E-state index is 12.6. The van der Waals surface area contributed by atoms with Crippen LogP contribution in [-0.4, -0.2) is 22.2 Å². The number of fused-ring (bicyclic) bond motifs is 1. The van der Waals surface area contributed by atoms with Crippen LogP contribution in [0.5, 0.6) is 0 Å². The average molecular weight is 400 g/mol. The van der Waals surface area contributed by atoms with Gasteiger partial charge in [-0.1, -0.05) is 23.7 Å². The molecule has 0 fully saturated rings. The highest BCUT2D eigenvalue weighted by molar-refractivity contribution is 6.31. The molecule has 2 amide bonds. The second-order valence-electron chi connectivity index (χ2n) is 6.30. The van der Waals surface area contributed by atoms with Crippen LogP contribution in [0.1, 0.15) is 28.8 Å². The largest absolute Gasteiger partial charge is 0.417 e. The van der Waals surface area contributed by atoms with Crippen molar-refractivity contribution in [1.29, 1.82) is 0 Å². The summed E-state index contributed by atoms with van der Waals surface area (Å²) in [7, 11) is 0. The van der Waals surface area contributed by atoms with Gasteiger partial charge < -0.3 is 15.7 Å². The fourth-order valence-electron chi connectivity index (χ4n) is 2.97. The lowest BCUT2D eigenvalue weighted by molar-refractivity contribution is -0.137. The van der Waals surface area contributed by atoms with Gasteiger partial charge >= 0.3 is 12.2 Å². The third kappa shape index (κ3) is 4.70. The smallest absolute Gasteiger partial charge is 0.393 e. The van der Waals surface area contributed by atoms with Crippen molar-refractivity contribution in [3.63, 3.8) is 0 Å². The predicted octanol–water partition coefficient (Wildman–Crippen LogP) is 3.93. The zero-order valence-corrected chi connectivity index (χ0v) is 14.9. The van der Waals surface area contributed by atoms with Gasteiger partial charge in [0.1, 0.15) is 0 Å². The Kier molecular flexibility index (Phi) is 5.57. The van der Waals surface area contributed by atoms with Crippen LogP contribution in [0.3, 0.4) is 0 Å². The number of amides is 2. The summed E-state index contributed by atoms with van der Waals surface area (Å²) in [5.74, 6) is 0. The number of pyridine rings is 1. The number of aliphatic hydroxyl groups is 1. The Balaban J connectivity index is 1.64. The van der Waals surface area contributed by atoms with E-state index in [1.54, 1.807) is 6.07 Å². The molecule has 27 heavy (non-hydrogen) atoms. The van der Waals surface area contributed by atoms with Crippen molar-refractivity contribution in [3.8, 4) is 0 Å². The molecule has 0 spiro atoms. The van der Waals surface area contributed by atoms with Gasteiger partial charge in [-0.05, 0) is 36.1 Å². The first kappa shape index (κ1) is 19.4. The van der Waals surface area contributed by atoms with Crippen molar-refractivity contribution < 1.29 is 23.1 Å². The number of hydrogen-bond donors (Lipinski definition) is 3. The lowest BCUT2D eigenvalue weighted by Crippen LogP contribution is -2.30. The van der Waals surface area contributed by atoms with Gasteiger partial charge in [0.05, 0.1) is 28.9 Å². The minimum absolute atomic E-state index is 0.125. The average Bonchev–Trinajstić information content (AvgIpc) is 2.60. The second kappa shape index (κ2) is 7.74. The molecule has 3 N–H and O–H groups in total. The van der Waals surface area contributed by atoms with Gasteiger partial charge in [0.15, 0.2) is 0 Å². The molecule has 0 saturated heterocycles. The van der Waals surface area contributed by atoms with Gasteiger partial charge in [-0.3, -0.25) is 4.98 Å². The van der Waals surface area contributed by atoms with Gasteiger partial charge in [0.25, 0.3) is 0 Å². The Hall–Kier alpha value is -2.32. The molecule has 1 aromatic heterocycles. The van der Waals surface area contributed by atoms with Crippen molar-refractivity contribution in [2.24, 2.45) is 0 Å². The Morgan fingerprint density at radius 3 is 2.85 bits per heavy atom. The van der Waals surface area contributed by atoms with Gasteiger partial charge in [0.2, 0.25) is 0 Å². The highest BCUT2D eigenvalue weighted by atomic mass is 35.5. The number of nitrogens with one attached hydrogen (secondary N) is 2. The number of hydrogen-bond acceptors (Lipinski definition) is 3. The Morgan fingerprint density at radius 2 is 2.15 bits per heavy atom. The van der Waals surface area contributed by atoms with E-state index in [9.17, 15) is 23.1 Å². The van der Waals surface area contributed by atoms with Crippen molar-refractivity contribution in [2.75, 3.05) is 5.32 Å². The number of halogens is 4. The van der Waals surface area contributed by atoms with Crippen LogP contribution in [0, 0.1) is 0 Å². The maximum Gasteiger partial charge on any atom is 0.417 e. The third-order valence-corrected chi connectivity index (χ3v) is 4.70. The van der Waals surface area contributed by atoms with E-state index >= 15 is 0 Å². The summed E-state index contributed by atoms with van der Waals surface area (Å²) in [4.78, 5) is 15.8. The zero-order chi connectivity index (χ0) is 19.6. The van der Waals surface area contributed by atoms with Crippen LogP contribution in [0.2, 0.25) is 5.02 Å². The molecule has 5 nitrogen and oxygen atoms in total. The summed E-state index contributed by atoms with van der Waals surface area (Å²) in [6.07, 6.45) is -2.43. The molecule has 3 rings (SSSR count). The van der Waals surface area contributed by atoms with Crippen LogP contribution in [-0.2, 0) is 25.6 Å². The third-order valence-electron chi connectivity index (χ3n) is 4.37. The highest BCUT2D eigenvalue weighted by Crippen LogP contribution is 2.31. The van der Waals surface area contributed by atoms with E-state index in [1.807, 2.05) is 12.1 Å². The first-order valence-corrected chi connectivity index (χ1v) is 8.67. The van der Waals surface area contributed by atoms with Gasteiger partial charge in [-0.2, -0.15) is 13.2 Å². The van der Waals surface area contributed by atoms with Crippen molar-refractivity contribution >= 4 is 23.3 Å². The lowest BCUT2D eigenvalue weighted by atomic mass is 9.88. The molecule has 0 bridgehead atoms. The van der Waals surface area contributed by atoms with Crippen LogP contribution < -0.4 is 10.6 Å². The van der Waals surface area contributed by atoms with Gasteiger partial charge in [-0.25, -0.2) is 4.79 Å². The summed E-state index contributed by atoms with van der Waals surface area (Å²) >= 11 is 5.83. The predicted molar refractivity (Wildman–Crippen MR) is 94.6 cm³/mol. The Bertz CT molecular complexity index is 858. The molecular weight excluding hydrogens is 383 g/mol. The quantitative estimate of drug-likeness (QED) is 0.732. The maximum atomic E-state index is 12.6. The van der Waals surface area contributed by atoms with E-state index in [-0.39, 0.29) is 17.3 Å². The fourth-order valence-corrected chi connectivity index (χ4v) is 3.20. The molecule has 0 radical (unpaired) electrons. The van der Waals surface area contributed by atoms with E-state index in [4.69, 9.17) is 11.6 Å². The monoisotopic (exact) mass is 399 g/mol. The van der Waals surface area contributed by atoms with E-state index in [2.05, 4.69) is 15.6 Å². The number of carbonyl (C=O) groups excluding carboxylic acids is 1. The SMILES string of the molecule is O=C(NCc1ncc(C(F)(F)F)cc1Cl)Nc1cccc2c1CC(O)CC2. The van der Waals surface area contributed by atoms with E-state index in [1.165, 1.54) is 0 Å². The fraction of sp³-hybridized carbons (Fsp3) is 0.333. The summed E-state index contributed by atoms with van der Waals surface area (Å²) in [6, 6.07) is 5.75. The number of aryl methyl sites for hydroxylation is 1. The number of nitrogens with zero attached hydrogens (tertiary/aromatic N) is 1. The molecule has 0 aliphatic heterocycles. The topological polar surface area (TPSA) is 74.2 Å². The molecule has 1 atom stereocenters. The standard InChI is InChI=1S/C18H17ClF3N3O2/c19-14-6-11(18(20,21)22)8-23-16(14)9-24-17(27)25-15-3-1-2-10-4-5-12(26)7-13(10)15/h1-3,6,8,12,26H,4-5,7,9H2,(H2,24,25,27). The van der Waals surface area contributed by atoms with Crippen LogP contribution >= 0.6 is 11.6 Å². The van der Waals surface area contributed by atoms with E-state index in [0.717, 1.165) is 23.6 Å². The summed E-state index contributed by atoms with van der Waals surface area (Å²) in [5, 5.41) is 14.9. The number of rotatable bonds is 3. The van der Waals surface area contributed by atoms with Crippen LogP contribution in [0.15, 0.2) is 30.5 Å². The van der Waals surface area contributed by atoms with E-state index in [0.29, 0.717) is 24.7 Å². The molecule has 2 aromatic rings. The molecular formula is C18H17ClF3N3O2. The Labute approximate surface area is 158 Å². The molecule has 9 heteroatoms. The first-order chi connectivity index (χ1) is 12.7. The molecule has 144 valence electrons. The minimum Gasteiger partial charge on any atom is -0.393 e. The summed E-state index contributed by atoms with van der Waals surface area (Å²) < 4.78 is 37.9. The number of aromatic nitrogens is 1. The van der Waals surface area contributed by atoms with Crippen molar-refractivity contribution in [2.45, 2.75) is 38.1 Å². The van der Waals surface area contributed by atoms with Gasteiger partial charge in [-0.15, -0.1) is 0 Å². The number of urea groups is 1. The lowest BCUT2D eigenvalue weighted by Gasteiger charge is -2.23. The second-order valence-corrected chi connectivity index (χ2v) is 6.71. The summed E-state index contributed by atoms with van der Waals surface area (Å²) in [5.41, 5.74) is 1.73. The molecule has 1 heterocycles. The molecule has 1 aliphatic carbocycles. The highest BCUT2D eigenvalue weighted by Gasteiger charge is 2.31. The number of aliphatic hydroxyl groups excluding tert-OH is 1. The Morgan fingerprint density at radius 1 is 1.37 bits per heavy atom. The molecule has 1 aliphatic rings.